The van der Waals surface area contributed by atoms with Gasteiger partial charge in [0.25, 0.3) is 0 Å². The van der Waals surface area contributed by atoms with E-state index in [1.54, 1.807) is 18.9 Å². The zero-order valence-electron chi connectivity index (χ0n) is 16.1. The Labute approximate surface area is 179 Å². The lowest BCUT2D eigenvalue weighted by molar-refractivity contribution is -0.125. The van der Waals surface area contributed by atoms with Crippen LogP contribution in [-0.2, 0) is 21.9 Å². The van der Waals surface area contributed by atoms with Gasteiger partial charge in [0.1, 0.15) is 11.2 Å². The first-order chi connectivity index (χ1) is 14.0. The molecule has 1 aliphatic rings. The third kappa shape index (κ3) is 6.96. The second kappa shape index (κ2) is 10.5. The molecule has 0 bridgehead atoms. The van der Waals surface area contributed by atoms with E-state index in [0.717, 1.165) is 16.9 Å². The van der Waals surface area contributed by atoms with Crippen molar-refractivity contribution in [3.05, 3.63) is 64.7 Å². The van der Waals surface area contributed by atoms with E-state index in [4.69, 9.17) is 16.3 Å². The number of nitrogens with one attached hydrogen (secondary N) is 3. The molecule has 1 heterocycles. The second-order valence-corrected chi connectivity index (χ2v) is 8.31. The van der Waals surface area contributed by atoms with Gasteiger partial charge in [0, 0.05) is 36.2 Å². The van der Waals surface area contributed by atoms with E-state index in [2.05, 4.69) is 16.0 Å². The van der Waals surface area contributed by atoms with Crippen LogP contribution >= 0.6 is 23.4 Å². The van der Waals surface area contributed by atoms with Gasteiger partial charge in [-0.25, -0.2) is 0 Å². The van der Waals surface area contributed by atoms with E-state index in [1.165, 1.54) is 0 Å². The molecule has 3 rings (SSSR count). The highest BCUT2D eigenvalue weighted by Gasteiger charge is 2.27. The summed E-state index contributed by atoms with van der Waals surface area (Å²) in [5.74, 6) is 1.33. The van der Waals surface area contributed by atoms with Crippen molar-refractivity contribution in [2.24, 2.45) is 0 Å². The third-order valence-electron chi connectivity index (χ3n) is 4.50. The van der Waals surface area contributed by atoms with Crippen LogP contribution < -0.4 is 20.7 Å². The number of amides is 2. The van der Waals surface area contributed by atoms with Crippen LogP contribution in [0.2, 0.25) is 5.02 Å². The molecular weight excluding hydrogens is 410 g/mol. The Morgan fingerprint density at radius 1 is 1.24 bits per heavy atom. The number of carbonyl (C=O) groups is 2. The number of thioether (sulfide) groups is 1. The maximum atomic E-state index is 12.3. The number of carbonyl (C=O) groups excluding carboxylic acids is 2. The van der Waals surface area contributed by atoms with Crippen molar-refractivity contribution in [3.8, 4) is 5.75 Å². The first-order valence-electron chi connectivity index (χ1n) is 9.33. The Hall–Kier alpha value is -2.22. The second-order valence-electron chi connectivity index (χ2n) is 6.79. The SMILES string of the molecule is COc1ccc(CNC(=O)CC2CC(=O)NC(SCc3cccc(Cl)c3)N2)cc1. The van der Waals surface area contributed by atoms with Crippen molar-refractivity contribution < 1.29 is 14.3 Å². The molecule has 0 aromatic heterocycles. The van der Waals surface area contributed by atoms with E-state index >= 15 is 0 Å². The summed E-state index contributed by atoms with van der Waals surface area (Å²) in [7, 11) is 1.62. The molecule has 0 radical (unpaired) electrons. The minimum Gasteiger partial charge on any atom is -0.497 e. The molecule has 29 heavy (non-hydrogen) atoms. The maximum Gasteiger partial charge on any atom is 0.223 e. The number of hydrogen-bond donors (Lipinski definition) is 3. The predicted octanol–water partition coefficient (Wildman–Crippen LogP) is 3.05. The molecule has 3 N–H and O–H groups in total. The molecule has 2 aromatic carbocycles. The van der Waals surface area contributed by atoms with E-state index in [-0.39, 0.29) is 36.2 Å². The van der Waals surface area contributed by atoms with Gasteiger partial charge in [-0.3, -0.25) is 14.9 Å². The predicted molar refractivity (Wildman–Crippen MR) is 116 cm³/mol. The third-order valence-corrected chi connectivity index (χ3v) is 5.82. The molecule has 2 amide bonds. The maximum absolute atomic E-state index is 12.3. The Kier molecular flexibility index (Phi) is 7.80. The summed E-state index contributed by atoms with van der Waals surface area (Å²) in [5.41, 5.74) is 1.83. The van der Waals surface area contributed by atoms with Crippen LogP contribution in [0.15, 0.2) is 48.5 Å². The number of rotatable bonds is 8. The van der Waals surface area contributed by atoms with Crippen LogP contribution in [0.3, 0.4) is 0 Å². The normalized spacial score (nSPS) is 18.8. The quantitative estimate of drug-likeness (QED) is 0.596. The van der Waals surface area contributed by atoms with Crippen LogP contribution in [-0.4, -0.2) is 30.5 Å². The molecule has 8 heteroatoms. The Bertz CT molecular complexity index is 847. The number of methoxy groups -OCH3 is 1. The summed E-state index contributed by atoms with van der Waals surface area (Å²) in [6, 6.07) is 15.0. The minimum atomic E-state index is -0.241. The number of benzene rings is 2. The van der Waals surface area contributed by atoms with Gasteiger partial charge in [-0.1, -0.05) is 35.9 Å². The van der Waals surface area contributed by atoms with E-state index in [0.29, 0.717) is 17.3 Å². The van der Waals surface area contributed by atoms with Gasteiger partial charge in [0.15, 0.2) is 0 Å². The fourth-order valence-corrected chi connectivity index (χ4v) is 4.27. The summed E-state index contributed by atoms with van der Waals surface area (Å²) in [4.78, 5) is 24.4. The highest BCUT2D eigenvalue weighted by molar-refractivity contribution is 7.99. The van der Waals surface area contributed by atoms with Crippen LogP contribution in [0.1, 0.15) is 24.0 Å². The highest BCUT2D eigenvalue weighted by Crippen LogP contribution is 2.21. The molecule has 0 spiro atoms. The first-order valence-corrected chi connectivity index (χ1v) is 10.8. The van der Waals surface area contributed by atoms with E-state index in [1.807, 2.05) is 48.5 Å². The molecule has 2 aromatic rings. The van der Waals surface area contributed by atoms with Gasteiger partial charge in [-0.15, -0.1) is 11.8 Å². The Balaban J connectivity index is 1.45. The largest absolute Gasteiger partial charge is 0.497 e. The number of ether oxygens (including phenoxy) is 1. The standard InChI is InChI=1S/C21H24ClN3O3S/c1-28-18-7-5-14(6-8-18)12-23-19(26)10-17-11-20(27)25-21(24-17)29-13-15-3-2-4-16(22)9-15/h2-9,17,21,24H,10-13H2,1H3,(H,23,26)(H,25,27). The van der Waals surface area contributed by atoms with Crippen molar-refractivity contribution in [3.63, 3.8) is 0 Å². The van der Waals surface area contributed by atoms with Gasteiger partial charge in [0.05, 0.1) is 7.11 Å². The van der Waals surface area contributed by atoms with Crippen LogP contribution in [0.5, 0.6) is 5.75 Å². The van der Waals surface area contributed by atoms with Gasteiger partial charge in [0.2, 0.25) is 11.8 Å². The monoisotopic (exact) mass is 433 g/mol. The summed E-state index contributed by atoms with van der Waals surface area (Å²) in [6.45, 7) is 0.439. The topological polar surface area (TPSA) is 79.5 Å². The summed E-state index contributed by atoms with van der Waals surface area (Å²) < 4.78 is 5.13. The van der Waals surface area contributed by atoms with Crippen molar-refractivity contribution in [1.29, 1.82) is 0 Å². The fraction of sp³-hybridized carbons (Fsp3) is 0.333. The van der Waals surface area contributed by atoms with Crippen LogP contribution in [0.25, 0.3) is 0 Å². The Morgan fingerprint density at radius 2 is 2.03 bits per heavy atom. The van der Waals surface area contributed by atoms with Crippen molar-refractivity contribution >= 4 is 35.2 Å². The summed E-state index contributed by atoms with van der Waals surface area (Å²) in [5, 5.41) is 9.84. The highest BCUT2D eigenvalue weighted by atomic mass is 35.5. The van der Waals surface area contributed by atoms with Gasteiger partial charge < -0.3 is 15.4 Å². The Morgan fingerprint density at radius 3 is 2.76 bits per heavy atom. The lowest BCUT2D eigenvalue weighted by Crippen LogP contribution is -2.55. The number of halogens is 1. The lowest BCUT2D eigenvalue weighted by Gasteiger charge is -2.31. The summed E-state index contributed by atoms with van der Waals surface area (Å²) >= 11 is 7.58. The zero-order chi connectivity index (χ0) is 20.6. The molecule has 2 unspecified atom stereocenters. The van der Waals surface area contributed by atoms with Crippen LogP contribution in [0, 0.1) is 0 Å². The smallest absolute Gasteiger partial charge is 0.223 e. The van der Waals surface area contributed by atoms with E-state index in [9.17, 15) is 9.59 Å². The molecule has 0 aliphatic carbocycles. The first kappa shape index (κ1) is 21.5. The minimum absolute atomic E-state index is 0.0553. The average Bonchev–Trinajstić information content (AvgIpc) is 2.71. The van der Waals surface area contributed by atoms with Crippen molar-refractivity contribution in [1.82, 2.24) is 16.0 Å². The number of hydrogen-bond acceptors (Lipinski definition) is 5. The molecule has 6 nitrogen and oxygen atoms in total. The molecule has 154 valence electrons. The van der Waals surface area contributed by atoms with Crippen LogP contribution in [0.4, 0.5) is 0 Å². The van der Waals surface area contributed by atoms with Crippen molar-refractivity contribution in [2.45, 2.75) is 36.7 Å². The average molecular weight is 434 g/mol. The van der Waals surface area contributed by atoms with E-state index < -0.39 is 0 Å². The molecule has 1 saturated heterocycles. The molecule has 2 atom stereocenters. The lowest BCUT2D eigenvalue weighted by atomic mass is 10.1. The van der Waals surface area contributed by atoms with Crippen molar-refractivity contribution in [2.75, 3.05) is 7.11 Å². The molecule has 1 aliphatic heterocycles. The van der Waals surface area contributed by atoms with Gasteiger partial charge in [-0.05, 0) is 35.4 Å². The molecular formula is C21H24ClN3O3S. The molecule has 0 saturated carbocycles. The van der Waals surface area contributed by atoms with Gasteiger partial charge in [-0.2, -0.15) is 0 Å². The fourth-order valence-electron chi connectivity index (χ4n) is 3.01. The summed E-state index contributed by atoms with van der Waals surface area (Å²) in [6.07, 6.45) is 0.530. The van der Waals surface area contributed by atoms with Gasteiger partial charge >= 0.3 is 0 Å². The molecule has 1 fully saturated rings. The zero-order valence-corrected chi connectivity index (χ0v) is 17.7.